The van der Waals surface area contributed by atoms with Crippen LogP contribution in [0.2, 0.25) is 0 Å². The van der Waals surface area contributed by atoms with Crippen LogP contribution in [0.1, 0.15) is 39.5 Å². The number of hydrogen-bond donors (Lipinski definition) is 2. The van der Waals surface area contributed by atoms with E-state index in [0.29, 0.717) is 6.04 Å². The van der Waals surface area contributed by atoms with Crippen LogP contribution in [0.15, 0.2) is 0 Å². The number of aliphatic hydroxyl groups is 1. The second kappa shape index (κ2) is 3.76. The Labute approximate surface area is 86.5 Å². The van der Waals surface area contributed by atoms with Gasteiger partial charge in [0.25, 0.3) is 0 Å². The van der Waals surface area contributed by atoms with Crippen molar-refractivity contribution in [2.45, 2.75) is 57.2 Å². The third-order valence-electron chi connectivity index (χ3n) is 3.19. The van der Waals surface area contributed by atoms with E-state index in [1.807, 2.05) is 13.8 Å². The minimum Gasteiger partial charge on any atom is -0.390 e. The quantitative estimate of drug-likeness (QED) is 0.720. The zero-order valence-corrected chi connectivity index (χ0v) is 9.23. The van der Waals surface area contributed by atoms with E-state index in [0.717, 1.165) is 18.4 Å². The summed E-state index contributed by atoms with van der Waals surface area (Å²) in [6, 6.07) is 1.48. The first-order chi connectivity index (χ1) is 5.54. The highest BCUT2D eigenvalue weighted by Gasteiger charge is 2.40. The molecule has 2 aliphatic rings. The van der Waals surface area contributed by atoms with Crippen LogP contribution in [-0.4, -0.2) is 22.8 Å². The van der Waals surface area contributed by atoms with Crippen LogP contribution in [0.25, 0.3) is 0 Å². The SMILES string of the molecule is CC(C)(O)CC1C[C@H]2CCC1N2.Cl. The maximum atomic E-state index is 9.68. The molecule has 0 aromatic heterocycles. The molecule has 2 nitrogen and oxygen atoms in total. The van der Waals surface area contributed by atoms with Crippen LogP contribution < -0.4 is 5.32 Å². The highest BCUT2D eigenvalue weighted by atomic mass is 35.5. The first-order valence-electron chi connectivity index (χ1n) is 5.03. The summed E-state index contributed by atoms with van der Waals surface area (Å²) in [5.41, 5.74) is -0.475. The van der Waals surface area contributed by atoms with E-state index in [4.69, 9.17) is 0 Å². The molecule has 2 unspecified atom stereocenters. The van der Waals surface area contributed by atoms with E-state index < -0.39 is 5.60 Å². The maximum Gasteiger partial charge on any atom is 0.0595 e. The molecule has 2 bridgehead atoms. The standard InChI is InChI=1S/C10H19NO.ClH/c1-10(2,12)6-7-5-8-3-4-9(7)11-8;/h7-9,11-12H,3-6H2,1-2H3;1H/t7?,8-,9?;/m1./s1. The molecule has 0 spiro atoms. The molecule has 2 saturated heterocycles. The van der Waals surface area contributed by atoms with Crippen molar-refractivity contribution in [3.63, 3.8) is 0 Å². The zero-order chi connectivity index (χ0) is 8.77. The summed E-state index contributed by atoms with van der Waals surface area (Å²) >= 11 is 0. The van der Waals surface area contributed by atoms with Crippen molar-refractivity contribution in [3.8, 4) is 0 Å². The molecule has 2 rings (SSSR count). The molecular weight excluding hydrogens is 186 g/mol. The van der Waals surface area contributed by atoms with Crippen molar-refractivity contribution in [1.82, 2.24) is 5.32 Å². The van der Waals surface area contributed by atoms with Gasteiger partial charge < -0.3 is 10.4 Å². The monoisotopic (exact) mass is 205 g/mol. The van der Waals surface area contributed by atoms with E-state index in [1.54, 1.807) is 0 Å². The summed E-state index contributed by atoms with van der Waals surface area (Å²) in [6.07, 6.45) is 4.92. The minimum absolute atomic E-state index is 0. The normalized spacial score (nSPS) is 37.6. The fraction of sp³-hybridized carbons (Fsp3) is 1.00. The van der Waals surface area contributed by atoms with Crippen molar-refractivity contribution in [2.75, 3.05) is 0 Å². The molecule has 0 aliphatic carbocycles. The maximum absolute atomic E-state index is 9.68. The van der Waals surface area contributed by atoms with Crippen molar-refractivity contribution in [1.29, 1.82) is 0 Å². The predicted octanol–water partition coefficient (Wildman–Crippen LogP) is 1.71. The fourth-order valence-corrected chi connectivity index (χ4v) is 2.80. The molecule has 13 heavy (non-hydrogen) atoms. The Balaban J connectivity index is 0.000000845. The van der Waals surface area contributed by atoms with E-state index >= 15 is 0 Å². The lowest BCUT2D eigenvalue weighted by Gasteiger charge is -2.26. The van der Waals surface area contributed by atoms with Gasteiger partial charge in [0.15, 0.2) is 0 Å². The van der Waals surface area contributed by atoms with Gasteiger partial charge in [0.1, 0.15) is 0 Å². The predicted molar refractivity (Wildman–Crippen MR) is 56.2 cm³/mol. The largest absolute Gasteiger partial charge is 0.390 e. The van der Waals surface area contributed by atoms with Gasteiger partial charge in [0.2, 0.25) is 0 Å². The van der Waals surface area contributed by atoms with Crippen LogP contribution in [0.3, 0.4) is 0 Å². The van der Waals surface area contributed by atoms with Crippen molar-refractivity contribution in [2.24, 2.45) is 5.92 Å². The Kier molecular flexibility index (Phi) is 3.26. The second-order valence-corrected chi connectivity index (χ2v) is 5.06. The Morgan fingerprint density at radius 3 is 2.46 bits per heavy atom. The summed E-state index contributed by atoms with van der Waals surface area (Å²) in [5.74, 6) is 0.726. The van der Waals surface area contributed by atoms with Gasteiger partial charge in [-0.15, -0.1) is 12.4 Å². The summed E-state index contributed by atoms with van der Waals surface area (Å²) < 4.78 is 0. The number of halogens is 1. The highest BCUT2D eigenvalue weighted by Crippen LogP contribution is 2.37. The molecule has 2 heterocycles. The molecule has 3 heteroatoms. The Morgan fingerprint density at radius 1 is 1.38 bits per heavy atom. The van der Waals surface area contributed by atoms with Crippen LogP contribution in [-0.2, 0) is 0 Å². The van der Waals surface area contributed by atoms with Gasteiger partial charge in [0.05, 0.1) is 5.60 Å². The third-order valence-corrected chi connectivity index (χ3v) is 3.19. The summed E-state index contributed by atoms with van der Waals surface area (Å²) in [7, 11) is 0. The Hall–Kier alpha value is 0.210. The number of fused-ring (bicyclic) bond motifs is 2. The van der Waals surface area contributed by atoms with Gasteiger partial charge in [-0.3, -0.25) is 0 Å². The van der Waals surface area contributed by atoms with Crippen LogP contribution in [0, 0.1) is 5.92 Å². The van der Waals surface area contributed by atoms with Gasteiger partial charge >= 0.3 is 0 Å². The molecule has 0 radical (unpaired) electrons. The van der Waals surface area contributed by atoms with E-state index in [-0.39, 0.29) is 12.4 Å². The molecule has 2 aliphatic heterocycles. The summed E-state index contributed by atoms with van der Waals surface area (Å²) in [6.45, 7) is 3.83. The Morgan fingerprint density at radius 2 is 2.08 bits per heavy atom. The minimum atomic E-state index is -0.475. The second-order valence-electron chi connectivity index (χ2n) is 5.06. The van der Waals surface area contributed by atoms with Crippen LogP contribution >= 0.6 is 12.4 Å². The van der Waals surface area contributed by atoms with Crippen molar-refractivity contribution >= 4 is 12.4 Å². The molecule has 3 atom stereocenters. The van der Waals surface area contributed by atoms with Gasteiger partial charge in [-0.25, -0.2) is 0 Å². The van der Waals surface area contributed by atoms with Crippen molar-refractivity contribution in [3.05, 3.63) is 0 Å². The number of hydrogen-bond acceptors (Lipinski definition) is 2. The number of nitrogens with one attached hydrogen (secondary N) is 1. The Bertz CT molecular complexity index is 178. The molecule has 0 aromatic rings. The smallest absolute Gasteiger partial charge is 0.0595 e. The summed E-state index contributed by atoms with van der Waals surface area (Å²) in [4.78, 5) is 0. The number of rotatable bonds is 2. The van der Waals surface area contributed by atoms with Gasteiger partial charge in [-0.05, 0) is 45.4 Å². The lowest BCUT2D eigenvalue weighted by Crippen LogP contribution is -2.30. The van der Waals surface area contributed by atoms with Crippen molar-refractivity contribution < 1.29 is 5.11 Å². The summed E-state index contributed by atoms with van der Waals surface area (Å²) in [5, 5.41) is 13.3. The molecule has 0 amide bonds. The van der Waals surface area contributed by atoms with E-state index in [1.165, 1.54) is 19.3 Å². The first kappa shape index (κ1) is 11.3. The molecule has 78 valence electrons. The lowest BCUT2D eigenvalue weighted by atomic mass is 9.82. The first-order valence-corrected chi connectivity index (χ1v) is 5.03. The highest BCUT2D eigenvalue weighted by molar-refractivity contribution is 5.85. The zero-order valence-electron chi connectivity index (χ0n) is 8.42. The van der Waals surface area contributed by atoms with E-state index in [2.05, 4.69) is 5.32 Å². The molecular formula is C10H20ClNO. The van der Waals surface area contributed by atoms with E-state index in [9.17, 15) is 5.11 Å². The fourth-order valence-electron chi connectivity index (χ4n) is 2.80. The molecule has 2 fully saturated rings. The lowest BCUT2D eigenvalue weighted by molar-refractivity contribution is 0.0482. The average Bonchev–Trinajstić information content (AvgIpc) is 2.42. The third kappa shape index (κ3) is 2.58. The average molecular weight is 206 g/mol. The molecule has 0 saturated carbocycles. The van der Waals surface area contributed by atoms with Gasteiger partial charge in [-0.1, -0.05) is 0 Å². The van der Waals surface area contributed by atoms with Crippen LogP contribution in [0.4, 0.5) is 0 Å². The van der Waals surface area contributed by atoms with Gasteiger partial charge in [0, 0.05) is 12.1 Å². The van der Waals surface area contributed by atoms with Crippen LogP contribution in [0.5, 0.6) is 0 Å². The molecule has 0 aromatic carbocycles. The molecule has 2 N–H and O–H groups in total. The van der Waals surface area contributed by atoms with Gasteiger partial charge in [-0.2, -0.15) is 0 Å². The topological polar surface area (TPSA) is 32.3 Å².